The Balaban J connectivity index is 1.54. The standard InChI is InChI=1S/C17H25ClN5O8P/c18-11-5-9(19-8-3-1-2-4-8)13-16(20-11)23(22-21-13)17-15(26)14(25)10(31-17)7-30-12(6-24)32(27,28)29/h5,8,10,12,14-15,17,24-26H,1-4,6-7H2,(H,19,20)(H2,27,28,29)/t10?,12?,14-,15-,17-/m1/s1. The van der Waals surface area contributed by atoms with Gasteiger partial charge in [-0.05, 0) is 12.8 Å². The van der Waals surface area contributed by atoms with Crippen molar-refractivity contribution in [1.82, 2.24) is 20.0 Å². The van der Waals surface area contributed by atoms with Crippen LogP contribution >= 0.6 is 19.2 Å². The average Bonchev–Trinajstić information content (AvgIpc) is 3.44. The molecule has 1 saturated heterocycles. The largest absolute Gasteiger partial charge is 0.393 e. The third-order valence-corrected chi connectivity index (χ3v) is 6.93. The predicted octanol–water partition coefficient (Wildman–Crippen LogP) is -0.0339. The SMILES string of the molecule is O=P(O)(O)C(CO)OCC1O[C@@H](n2nnc3c(NC4CCCC4)cc(Cl)nc32)[C@H](O)[C@@H]1O. The smallest absolute Gasteiger partial charge is 0.356 e. The number of hydrogen-bond donors (Lipinski definition) is 6. The number of ether oxygens (including phenoxy) is 2. The summed E-state index contributed by atoms with van der Waals surface area (Å²) < 4.78 is 23.2. The Morgan fingerprint density at radius 3 is 2.69 bits per heavy atom. The molecule has 3 heterocycles. The van der Waals surface area contributed by atoms with Crippen molar-refractivity contribution in [3.8, 4) is 0 Å². The van der Waals surface area contributed by atoms with Gasteiger partial charge in [0.1, 0.15) is 23.5 Å². The maximum atomic E-state index is 11.3. The predicted molar refractivity (Wildman–Crippen MR) is 111 cm³/mol. The van der Waals surface area contributed by atoms with Crippen LogP contribution in [0.3, 0.4) is 0 Å². The minimum absolute atomic E-state index is 0.182. The van der Waals surface area contributed by atoms with Gasteiger partial charge in [-0.2, -0.15) is 4.68 Å². The molecule has 2 aromatic rings. The number of aliphatic hydroxyl groups is 3. The monoisotopic (exact) mass is 493 g/mol. The molecule has 1 aliphatic heterocycles. The number of fused-ring (bicyclic) bond motifs is 1. The lowest BCUT2D eigenvalue weighted by Gasteiger charge is -2.20. The minimum Gasteiger partial charge on any atom is -0.393 e. The molecule has 2 aliphatic rings. The summed E-state index contributed by atoms with van der Waals surface area (Å²) in [7, 11) is -4.72. The van der Waals surface area contributed by atoms with E-state index in [1.54, 1.807) is 6.07 Å². The summed E-state index contributed by atoms with van der Waals surface area (Å²) in [4.78, 5) is 22.6. The minimum atomic E-state index is -4.72. The van der Waals surface area contributed by atoms with Gasteiger partial charge < -0.3 is 39.9 Å². The van der Waals surface area contributed by atoms with E-state index < -0.39 is 51.2 Å². The molecule has 2 fully saturated rings. The van der Waals surface area contributed by atoms with Gasteiger partial charge in [0, 0.05) is 12.1 Å². The molecule has 2 aromatic heterocycles. The Morgan fingerprint density at radius 1 is 1.31 bits per heavy atom. The van der Waals surface area contributed by atoms with E-state index in [0.29, 0.717) is 11.2 Å². The molecular weight excluding hydrogens is 469 g/mol. The summed E-state index contributed by atoms with van der Waals surface area (Å²) in [5.41, 5.74) is 1.31. The van der Waals surface area contributed by atoms with Crippen molar-refractivity contribution in [2.45, 2.75) is 62.1 Å². The molecule has 0 amide bonds. The number of pyridine rings is 1. The highest BCUT2D eigenvalue weighted by Crippen LogP contribution is 2.42. The summed E-state index contributed by atoms with van der Waals surface area (Å²) in [5, 5.41) is 41.7. The van der Waals surface area contributed by atoms with Crippen molar-refractivity contribution < 1.29 is 39.1 Å². The number of nitrogens with one attached hydrogen (secondary N) is 1. The fraction of sp³-hybridized carbons (Fsp3) is 0.706. The van der Waals surface area contributed by atoms with Crippen molar-refractivity contribution in [3.05, 3.63) is 11.2 Å². The molecule has 0 aromatic carbocycles. The molecular formula is C17H25ClN5O8P. The maximum absolute atomic E-state index is 11.3. The topological polar surface area (TPSA) is 192 Å². The van der Waals surface area contributed by atoms with Gasteiger partial charge in [-0.25, -0.2) is 4.98 Å². The molecule has 15 heteroatoms. The number of aliphatic hydroxyl groups excluding tert-OH is 3. The van der Waals surface area contributed by atoms with Gasteiger partial charge in [0.25, 0.3) is 0 Å². The molecule has 0 radical (unpaired) electrons. The van der Waals surface area contributed by atoms with Crippen LogP contribution < -0.4 is 5.32 Å². The number of hydrogen-bond acceptors (Lipinski definition) is 10. The Hall–Kier alpha value is -1.41. The fourth-order valence-corrected chi connectivity index (χ4v) is 4.67. The molecule has 5 atom stereocenters. The third kappa shape index (κ3) is 4.76. The maximum Gasteiger partial charge on any atom is 0.356 e. The first-order valence-corrected chi connectivity index (χ1v) is 12.2. The zero-order chi connectivity index (χ0) is 23.0. The molecule has 13 nitrogen and oxygen atoms in total. The van der Waals surface area contributed by atoms with Crippen LogP contribution in [-0.4, -0.2) is 88.5 Å². The number of nitrogens with zero attached hydrogens (tertiary/aromatic N) is 4. The second-order valence-electron chi connectivity index (χ2n) is 7.93. The Morgan fingerprint density at radius 2 is 2.03 bits per heavy atom. The van der Waals surface area contributed by atoms with Crippen molar-refractivity contribution in [3.63, 3.8) is 0 Å². The van der Waals surface area contributed by atoms with E-state index in [2.05, 4.69) is 20.6 Å². The summed E-state index contributed by atoms with van der Waals surface area (Å²) in [6.45, 7) is -1.41. The Labute approximate surface area is 187 Å². The van der Waals surface area contributed by atoms with Gasteiger partial charge in [-0.15, -0.1) is 5.10 Å². The average molecular weight is 494 g/mol. The molecule has 1 aliphatic carbocycles. The van der Waals surface area contributed by atoms with E-state index in [1.165, 1.54) is 4.68 Å². The van der Waals surface area contributed by atoms with E-state index in [1.807, 2.05) is 0 Å². The van der Waals surface area contributed by atoms with Crippen LogP contribution in [0.15, 0.2) is 6.07 Å². The van der Waals surface area contributed by atoms with Gasteiger partial charge in [-0.3, -0.25) is 4.57 Å². The first-order chi connectivity index (χ1) is 15.2. The van der Waals surface area contributed by atoms with E-state index in [-0.39, 0.29) is 16.8 Å². The van der Waals surface area contributed by atoms with Crippen LogP contribution in [0, 0.1) is 0 Å². The first-order valence-electron chi connectivity index (χ1n) is 10.2. The highest BCUT2D eigenvalue weighted by atomic mass is 35.5. The van der Waals surface area contributed by atoms with Crippen molar-refractivity contribution in [2.24, 2.45) is 0 Å². The lowest BCUT2D eigenvalue weighted by atomic mass is 10.1. The summed E-state index contributed by atoms with van der Waals surface area (Å²) in [6, 6.07) is 1.93. The van der Waals surface area contributed by atoms with Gasteiger partial charge in [-0.1, -0.05) is 29.7 Å². The first kappa shape index (κ1) is 23.7. The fourth-order valence-electron chi connectivity index (χ4n) is 3.99. The Kier molecular flexibility index (Phi) is 7.01. The normalized spacial score (nSPS) is 27.9. The van der Waals surface area contributed by atoms with Gasteiger partial charge >= 0.3 is 7.60 Å². The molecule has 178 valence electrons. The van der Waals surface area contributed by atoms with Crippen LogP contribution in [0.1, 0.15) is 31.9 Å². The Bertz CT molecular complexity index is 999. The van der Waals surface area contributed by atoms with Gasteiger partial charge in [0.15, 0.2) is 23.2 Å². The van der Waals surface area contributed by atoms with E-state index in [0.717, 1.165) is 25.7 Å². The third-order valence-electron chi connectivity index (χ3n) is 5.68. The molecule has 2 unspecified atom stereocenters. The molecule has 0 spiro atoms. The lowest BCUT2D eigenvalue weighted by Crippen LogP contribution is -2.35. The number of anilines is 1. The van der Waals surface area contributed by atoms with Crippen LogP contribution in [0.2, 0.25) is 5.15 Å². The molecule has 6 N–H and O–H groups in total. The molecule has 32 heavy (non-hydrogen) atoms. The van der Waals surface area contributed by atoms with Crippen LogP contribution in [0.4, 0.5) is 5.69 Å². The van der Waals surface area contributed by atoms with E-state index in [4.69, 9.17) is 36.0 Å². The second kappa shape index (κ2) is 9.45. The van der Waals surface area contributed by atoms with Crippen LogP contribution in [0.25, 0.3) is 11.2 Å². The zero-order valence-electron chi connectivity index (χ0n) is 16.9. The number of rotatable bonds is 8. The quantitative estimate of drug-likeness (QED) is 0.213. The van der Waals surface area contributed by atoms with Gasteiger partial charge in [0.2, 0.25) is 0 Å². The lowest BCUT2D eigenvalue weighted by molar-refractivity contribution is -0.0812. The van der Waals surface area contributed by atoms with E-state index in [9.17, 15) is 14.8 Å². The zero-order valence-corrected chi connectivity index (χ0v) is 18.5. The van der Waals surface area contributed by atoms with Crippen molar-refractivity contribution in [2.75, 3.05) is 18.5 Å². The summed E-state index contributed by atoms with van der Waals surface area (Å²) in [5.74, 6) is -1.77. The van der Waals surface area contributed by atoms with Crippen molar-refractivity contribution >= 4 is 36.0 Å². The molecule has 0 bridgehead atoms. The molecule has 1 saturated carbocycles. The number of halogens is 1. The summed E-state index contributed by atoms with van der Waals surface area (Å²) >= 11 is 6.19. The van der Waals surface area contributed by atoms with E-state index >= 15 is 0 Å². The highest BCUT2D eigenvalue weighted by molar-refractivity contribution is 7.52. The molecule has 4 rings (SSSR count). The summed E-state index contributed by atoms with van der Waals surface area (Å²) in [6.07, 6.45) is -0.936. The van der Waals surface area contributed by atoms with Crippen LogP contribution in [0.5, 0.6) is 0 Å². The van der Waals surface area contributed by atoms with Crippen molar-refractivity contribution in [1.29, 1.82) is 0 Å². The highest BCUT2D eigenvalue weighted by Gasteiger charge is 2.46. The van der Waals surface area contributed by atoms with Gasteiger partial charge in [0.05, 0.1) is 18.9 Å². The van der Waals surface area contributed by atoms with Crippen LogP contribution in [-0.2, 0) is 14.0 Å². The number of aromatic nitrogens is 4. The second-order valence-corrected chi connectivity index (χ2v) is 10.1.